The Labute approximate surface area is 167 Å². The highest BCUT2D eigenvalue weighted by atomic mass is 32.2. The van der Waals surface area contributed by atoms with E-state index in [9.17, 15) is 22.8 Å². The molecule has 11 heteroatoms. The van der Waals surface area contributed by atoms with Crippen LogP contribution >= 0.6 is 0 Å². The summed E-state index contributed by atoms with van der Waals surface area (Å²) in [5.41, 5.74) is -0.605. The maximum absolute atomic E-state index is 12.8. The molecular weight excluding hydrogens is 400 g/mol. The summed E-state index contributed by atoms with van der Waals surface area (Å²) >= 11 is 0. The number of amides is 1. The summed E-state index contributed by atoms with van der Waals surface area (Å²) in [6.07, 6.45) is 0.548. The molecule has 0 bridgehead atoms. The number of sulfonamides is 1. The number of likely N-dealkylation sites (tertiary alicyclic amines) is 1. The number of ether oxygens (including phenoxy) is 1. The van der Waals surface area contributed by atoms with Gasteiger partial charge in [-0.05, 0) is 38.0 Å². The highest BCUT2D eigenvalue weighted by Gasteiger charge is 2.27. The van der Waals surface area contributed by atoms with E-state index in [1.54, 1.807) is 11.8 Å². The van der Waals surface area contributed by atoms with Crippen molar-refractivity contribution in [1.82, 2.24) is 18.8 Å². The van der Waals surface area contributed by atoms with E-state index in [2.05, 4.69) is 4.72 Å². The first-order valence-corrected chi connectivity index (χ1v) is 10.8. The van der Waals surface area contributed by atoms with Crippen molar-refractivity contribution in [3.8, 4) is 0 Å². The molecular formula is C18H24N4O6S. The highest BCUT2D eigenvalue weighted by Crippen LogP contribution is 2.19. The number of hydrogen-bond acceptors (Lipinski definition) is 6. The molecule has 0 spiro atoms. The number of hydrogen-bond donors (Lipinski definition) is 1. The van der Waals surface area contributed by atoms with Gasteiger partial charge in [0.1, 0.15) is 0 Å². The molecule has 158 valence electrons. The van der Waals surface area contributed by atoms with E-state index >= 15 is 0 Å². The van der Waals surface area contributed by atoms with Gasteiger partial charge >= 0.3 is 17.2 Å². The Balaban J connectivity index is 1.82. The molecule has 0 saturated carbocycles. The first-order chi connectivity index (χ1) is 13.7. The van der Waals surface area contributed by atoms with Crippen LogP contribution in [0.25, 0.3) is 11.0 Å². The minimum atomic E-state index is -3.84. The molecule has 1 amide bonds. The second kappa shape index (κ2) is 7.99. The van der Waals surface area contributed by atoms with Gasteiger partial charge < -0.3 is 18.8 Å². The molecule has 0 radical (unpaired) electrons. The lowest BCUT2D eigenvalue weighted by molar-refractivity contribution is 0.0966. The molecule has 29 heavy (non-hydrogen) atoms. The topological polar surface area (TPSA) is 120 Å². The highest BCUT2D eigenvalue weighted by molar-refractivity contribution is 7.89. The maximum Gasteiger partial charge on any atom is 0.409 e. The molecule has 1 aromatic carbocycles. The van der Waals surface area contributed by atoms with E-state index in [0.717, 1.165) is 4.57 Å². The van der Waals surface area contributed by atoms with Crippen molar-refractivity contribution in [2.75, 3.05) is 19.7 Å². The molecule has 3 rings (SSSR count). The summed E-state index contributed by atoms with van der Waals surface area (Å²) in [5, 5.41) is 0. The second-order valence-electron chi connectivity index (χ2n) is 6.96. The molecule has 10 nitrogen and oxygen atoms in total. The van der Waals surface area contributed by atoms with Gasteiger partial charge in [0.15, 0.2) is 0 Å². The number of fused-ring (bicyclic) bond motifs is 1. The molecule has 0 atom stereocenters. The first-order valence-electron chi connectivity index (χ1n) is 9.29. The van der Waals surface area contributed by atoms with E-state index in [0.29, 0.717) is 43.6 Å². The molecule has 0 unspecified atom stereocenters. The fourth-order valence-electron chi connectivity index (χ4n) is 3.41. The third kappa shape index (κ3) is 4.06. The van der Waals surface area contributed by atoms with E-state index in [1.165, 1.54) is 36.9 Å². The van der Waals surface area contributed by atoms with Crippen LogP contribution in [0.1, 0.15) is 19.8 Å². The van der Waals surface area contributed by atoms with Crippen molar-refractivity contribution >= 4 is 27.1 Å². The summed E-state index contributed by atoms with van der Waals surface area (Å²) in [6, 6.07) is 3.98. The summed E-state index contributed by atoms with van der Waals surface area (Å²) in [7, 11) is -0.940. The van der Waals surface area contributed by atoms with Gasteiger partial charge in [-0.15, -0.1) is 0 Å². The lowest BCUT2D eigenvalue weighted by atomic mass is 10.1. The summed E-state index contributed by atoms with van der Waals surface area (Å²) in [5.74, 6) is 0. The molecule has 1 aliphatic rings. The minimum absolute atomic E-state index is 0.00599. The number of nitrogens with one attached hydrogen (secondary N) is 1. The van der Waals surface area contributed by atoms with Gasteiger partial charge in [-0.2, -0.15) is 0 Å². The van der Waals surface area contributed by atoms with Crippen molar-refractivity contribution in [3.63, 3.8) is 0 Å². The Morgan fingerprint density at radius 3 is 2.28 bits per heavy atom. The molecule has 1 aromatic heterocycles. The number of aryl methyl sites for hydroxylation is 2. The van der Waals surface area contributed by atoms with E-state index in [-0.39, 0.29) is 10.9 Å². The third-order valence-electron chi connectivity index (χ3n) is 5.11. The van der Waals surface area contributed by atoms with Crippen LogP contribution in [0.15, 0.2) is 32.7 Å². The summed E-state index contributed by atoms with van der Waals surface area (Å²) in [4.78, 5) is 37.3. The SMILES string of the molecule is CCOC(=O)N1CCC(NS(=O)(=O)c2ccc3c(c2)n(C)c(=O)c(=O)n3C)CC1. The maximum atomic E-state index is 12.8. The fraction of sp³-hybridized carbons (Fsp3) is 0.500. The van der Waals surface area contributed by atoms with Gasteiger partial charge in [0.05, 0.1) is 22.5 Å². The molecule has 1 fully saturated rings. The lowest BCUT2D eigenvalue weighted by Gasteiger charge is -2.31. The standard InChI is InChI=1S/C18H24N4O6S/c1-4-28-18(25)22-9-7-12(8-10-22)19-29(26,27)13-5-6-14-15(11-13)21(3)17(24)16(23)20(14)2/h5-6,11-12,19H,4,7-10H2,1-3H3. The molecule has 1 aliphatic heterocycles. The number of benzene rings is 1. The summed E-state index contributed by atoms with van der Waals surface area (Å²) < 4.78 is 35.7. The van der Waals surface area contributed by atoms with E-state index < -0.39 is 27.2 Å². The summed E-state index contributed by atoms with van der Waals surface area (Å²) in [6.45, 7) is 2.83. The number of aromatic nitrogens is 2. The van der Waals surface area contributed by atoms with Gasteiger partial charge in [0.2, 0.25) is 10.0 Å². The number of nitrogens with zero attached hydrogens (tertiary/aromatic N) is 3. The van der Waals surface area contributed by atoms with Gasteiger partial charge in [-0.25, -0.2) is 17.9 Å². The Kier molecular flexibility index (Phi) is 5.80. The van der Waals surface area contributed by atoms with Crippen LogP contribution < -0.4 is 15.8 Å². The number of rotatable bonds is 4. The zero-order chi connectivity index (χ0) is 21.3. The van der Waals surface area contributed by atoms with E-state index in [4.69, 9.17) is 4.74 Å². The predicted molar refractivity (Wildman–Crippen MR) is 106 cm³/mol. The Hall–Kier alpha value is -2.66. The molecule has 1 N–H and O–H groups in total. The van der Waals surface area contributed by atoms with Crippen molar-refractivity contribution in [3.05, 3.63) is 38.9 Å². The largest absolute Gasteiger partial charge is 0.450 e. The Bertz CT molecular complexity index is 1160. The van der Waals surface area contributed by atoms with Crippen LogP contribution in [-0.4, -0.2) is 54.3 Å². The molecule has 1 saturated heterocycles. The fourth-order valence-corrected chi connectivity index (χ4v) is 4.74. The Morgan fingerprint density at radius 2 is 1.69 bits per heavy atom. The van der Waals surface area contributed by atoms with E-state index in [1.807, 2.05) is 0 Å². The first kappa shape index (κ1) is 21.1. The zero-order valence-electron chi connectivity index (χ0n) is 16.5. The molecule has 0 aliphatic carbocycles. The van der Waals surface area contributed by atoms with Crippen molar-refractivity contribution in [1.29, 1.82) is 0 Å². The van der Waals surface area contributed by atoms with Crippen LogP contribution in [0, 0.1) is 0 Å². The van der Waals surface area contributed by atoms with Crippen LogP contribution in [-0.2, 0) is 28.9 Å². The molecule has 2 aromatic rings. The molecule has 2 heterocycles. The normalized spacial score (nSPS) is 15.6. The quantitative estimate of drug-likeness (QED) is 0.697. The minimum Gasteiger partial charge on any atom is -0.450 e. The second-order valence-corrected chi connectivity index (χ2v) is 8.67. The average molecular weight is 424 g/mol. The number of carbonyl (C=O) groups is 1. The van der Waals surface area contributed by atoms with Crippen molar-refractivity contribution in [2.24, 2.45) is 14.1 Å². The van der Waals surface area contributed by atoms with Gasteiger partial charge in [-0.3, -0.25) is 9.59 Å². The van der Waals surface area contributed by atoms with Crippen LogP contribution in [0.4, 0.5) is 4.79 Å². The number of carbonyl (C=O) groups excluding carboxylic acids is 1. The third-order valence-corrected chi connectivity index (χ3v) is 6.63. The lowest BCUT2D eigenvalue weighted by Crippen LogP contribution is -2.46. The number of piperidine rings is 1. The van der Waals surface area contributed by atoms with Gasteiger partial charge in [-0.1, -0.05) is 0 Å². The van der Waals surface area contributed by atoms with Crippen LogP contribution in [0.3, 0.4) is 0 Å². The van der Waals surface area contributed by atoms with Crippen molar-refractivity contribution in [2.45, 2.75) is 30.7 Å². The van der Waals surface area contributed by atoms with Crippen LogP contribution in [0.2, 0.25) is 0 Å². The van der Waals surface area contributed by atoms with Gasteiger partial charge in [0, 0.05) is 33.2 Å². The predicted octanol–water partition coefficient (Wildman–Crippen LogP) is 0.136. The van der Waals surface area contributed by atoms with Gasteiger partial charge in [0.25, 0.3) is 0 Å². The van der Waals surface area contributed by atoms with Crippen molar-refractivity contribution < 1.29 is 17.9 Å². The Morgan fingerprint density at radius 1 is 1.10 bits per heavy atom. The zero-order valence-corrected chi connectivity index (χ0v) is 17.4. The monoisotopic (exact) mass is 424 g/mol. The van der Waals surface area contributed by atoms with Crippen LogP contribution in [0.5, 0.6) is 0 Å². The average Bonchev–Trinajstić information content (AvgIpc) is 2.70. The smallest absolute Gasteiger partial charge is 0.409 e.